The largest absolute Gasteiger partial charge is 0.464 e. The minimum absolute atomic E-state index is 0.201. The van der Waals surface area contributed by atoms with Crippen LogP contribution in [0.15, 0.2) is 30.3 Å². The van der Waals surface area contributed by atoms with Gasteiger partial charge in [0, 0.05) is 6.61 Å². The van der Waals surface area contributed by atoms with E-state index in [1.54, 1.807) is 24.3 Å². The fraction of sp³-hybridized carbons (Fsp3) is 0.500. The monoisotopic (exact) mass is 252 g/mol. The van der Waals surface area contributed by atoms with E-state index in [0.717, 1.165) is 25.7 Å². The molecule has 4 heteroatoms. The summed E-state index contributed by atoms with van der Waals surface area (Å²) in [6.07, 6.45) is 2.17. The minimum Gasteiger partial charge on any atom is -0.464 e. The van der Waals surface area contributed by atoms with E-state index in [-0.39, 0.29) is 6.61 Å². The number of ether oxygens (including phenoxy) is 1. The van der Waals surface area contributed by atoms with Crippen molar-refractivity contribution >= 4 is 5.97 Å². The van der Waals surface area contributed by atoms with E-state index in [0.29, 0.717) is 12.2 Å². The number of unbranched alkanes of at least 4 members (excludes halogenated alkanes) is 3. The molecule has 1 rings (SSSR count). The van der Waals surface area contributed by atoms with Gasteiger partial charge in [-0.15, -0.1) is 0 Å². The van der Waals surface area contributed by atoms with Crippen molar-refractivity contribution in [2.24, 2.45) is 0 Å². The minimum atomic E-state index is -1.20. The van der Waals surface area contributed by atoms with Crippen LogP contribution in [0.3, 0.4) is 0 Å². The number of esters is 1. The normalized spacial score (nSPS) is 12.1. The Bertz CT molecular complexity index is 337. The summed E-state index contributed by atoms with van der Waals surface area (Å²) < 4.78 is 4.99. The number of aliphatic hydroxyl groups is 2. The van der Waals surface area contributed by atoms with Crippen molar-refractivity contribution in [1.29, 1.82) is 0 Å². The summed E-state index contributed by atoms with van der Waals surface area (Å²) in [4.78, 5) is 11.5. The maximum Gasteiger partial charge on any atom is 0.339 e. The molecule has 0 spiro atoms. The van der Waals surface area contributed by atoms with E-state index in [9.17, 15) is 9.90 Å². The summed E-state index contributed by atoms with van der Waals surface area (Å²) in [7, 11) is 0. The van der Waals surface area contributed by atoms with E-state index in [4.69, 9.17) is 9.84 Å². The van der Waals surface area contributed by atoms with Gasteiger partial charge in [-0.1, -0.05) is 36.8 Å². The molecule has 0 saturated carbocycles. The molecule has 0 fully saturated rings. The lowest BCUT2D eigenvalue weighted by atomic mass is 10.1. The molecule has 0 saturated heterocycles. The van der Waals surface area contributed by atoms with Crippen molar-refractivity contribution in [3.63, 3.8) is 0 Å². The molecule has 1 aromatic carbocycles. The van der Waals surface area contributed by atoms with Crippen LogP contribution in [0.1, 0.15) is 37.4 Å². The average molecular weight is 252 g/mol. The van der Waals surface area contributed by atoms with Crippen LogP contribution in [0.5, 0.6) is 0 Å². The highest BCUT2D eigenvalue weighted by molar-refractivity contribution is 5.76. The van der Waals surface area contributed by atoms with Crippen molar-refractivity contribution in [3.05, 3.63) is 35.9 Å². The molecule has 1 aromatic rings. The molecule has 0 heterocycles. The number of rotatable bonds is 8. The Morgan fingerprint density at radius 1 is 1.11 bits per heavy atom. The Balaban J connectivity index is 2.20. The van der Waals surface area contributed by atoms with Crippen LogP contribution >= 0.6 is 0 Å². The first-order valence-corrected chi connectivity index (χ1v) is 6.26. The van der Waals surface area contributed by atoms with E-state index in [1.165, 1.54) is 0 Å². The smallest absolute Gasteiger partial charge is 0.339 e. The predicted molar refractivity (Wildman–Crippen MR) is 67.9 cm³/mol. The SMILES string of the molecule is O=C(OCCCCCCO)C(O)c1ccccc1. The van der Waals surface area contributed by atoms with Gasteiger partial charge in [0.05, 0.1) is 6.61 Å². The number of aliphatic hydroxyl groups excluding tert-OH is 2. The summed E-state index contributed by atoms with van der Waals surface area (Å²) >= 11 is 0. The highest BCUT2D eigenvalue weighted by atomic mass is 16.5. The third-order valence-electron chi connectivity index (χ3n) is 2.64. The maximum atomic E-state index is 11.5. The number of hydrogen-bond acceptors (Lipinski definition) is 4. The molecule has 0 radical (unpaired) electrons. The van der Waals surface area contributed by atoms with Crippen LogP contribution in [0.25, 0.3) is 0 Å². The lowest BCUT2D eigenvalue weighted by molar-refractivity contribution is -0.154. The molecule has 1 unspecified atom stereocenters. The van der Waals surface area contributed by atoms with Crippen LogP contribution in [-0.2, 0) is 9.53 Å². The highest BCUT2D eigenvalue weighted by Gasteiger charge is 2.17. The van der Waals surface area contributed by atoms with Crippen molar-refractivity contribution in [3.8, 4) is 0 Å². The fourth-order valence-electron chi connectivity index (χ4n) is 1.59. The lowest BCUT2D eigenvalue weighted by Crippen LogP contribution is -2.16. The number of hydrogen-bond donors (Lipinski definition) is 2. The quantitative estimate of drug-likeness (QED) is 0.547. The summed E-state index contributed by atoms with van der Waals surface area (Å²) in [5.41, 5.74) is 0.544. The van der Waals surface area contributed by atoms with Crippen LogP contribution in [0.4, 0.5) is 0 Å². The van der Waals surface area contributed by atoms with Gasteiger partial charge in [-0.3, -0.25) is 0 Å². The van der Waals surface area contributed by atoms with Crippen LogP contribution in [0, 0.1) is 0 Å². The van der Waals surface area contributed by atoms with E-state index >= 15 is 0 Å². The van der Waals surface area contributed by atoms with Crippen LogP contribution in [-0.4, -0.2) is 29.4 Å². The first kappa shape index (κ1) is 14.7. The van der Waals surface area contributed by atoms with Crippen LogP contribution < -0.4 is 0 Å². The average Bonchev–Trinajstić information content (AvgIpc) is 2.42. The van der Waals surface area contributed by atoms with Crippen molar-refractivity contribution in [1.82, 2.24) is 0 Å². The number of carbonyl (C=O) groups is 1. The molecule has 4 nitrogen and oxygen atoms in total. The Kier molecular flexibility index (Phi) is 7.06. The second-order valence-electron chi connectivity index (χ2n) is 4.12. The first-order valence-electron chi connectivity index (χ1n) is 6.26. The lowest BCUT2D eigenvalue weighted by Gasteiger charge is -2.10. The Morgan fingerprint density at radius 3 is 2.44 bits per heavy atom. The van der Waals surface area contributed by atoms with Crippen molar-refractivity contribution in [2.45, 2.75) is 31.8 Å². The molecule has 0 aliphatic carbocycles. The number of carbonyl (C=O) groups excluding carboxylic acids is 1. The zero-order valence-corrected chi connectivity index (χ0v) is 10.4. The summed E-state index contributed by atoms with van der Waals surface area (Å²) in [6.45, 7) is 0.515. The molecule has 0 bridgehead atoms. The molecule has 0 amide bonds. The zero-order valence-electron chi connectivity index (χ0n) is 10.4. The van der Waals surface area contributed by atoms with Crippen molar-refractivity contribution < 1.29 is 19.7 Å². The van der Waals surface area contributed by atoms with Gasteiger partial charge in [-0.2, -0.15) is 0 Å². The van der Waals surface area contributed by atoms with Gasteiger partial charge < -0.3 is 14.9 Å². The molecular weight excluding hydrogens is 232 g/mol. The fourth-order valence-corrected chi connectivity index (χ4v) is 1.59. The Morgan fingerprint density at radius 2 is 1.78 bits per heavy atom. The molecule has 18 heavy (non-hydrogen) atoms. The molecule has 0 aromatic heterocycles. The van der Waals surface area contributed by atoms with Gasteiger partial charge in [-0.05, 0) is 24.8 Å². The molecular formula is C14H20O4. The molecule has 1 atom stereocenters. The predicted octanol–water partition coefficient (Wildman–Crippen LogP) is 1.82. The zero-order chi connectivity index (χ0) is 13.2. The molecule has 0 aliphatic heterocycles. The standard InChI is InChI=1S/C14H20O4/c15-10-6-1-2-7-11-18-14(17)13(16)12-8-4-3-5-9-12/h3-5,8-9,13,15-16H,1-2,6-7,10-11H2. The maximum absolute atomic E-state index is 11.5. The van der Waals surface area contributed by atoms with E-state index < -0.39 is 12.1 Å². The third-order valence-corrected chi connectivity index (χ3v) is 2.64. The molecule has 0 aliphatic rings. The Labute approximate surface area is 107 Å². The molecule has 2 N–H and O–H groups in total. The summed E-state index contributed by atoms with van der Waals surface area (Å²) in [6, 6.07) is 8.73. The summed E-state index contributed by atoms with van der Waals surface area (Å²) in [5, 5.41) is 18.3. The van der Waals surface area contributed by atoms with E-state index in [1.807, 2.05) is 6.07 Å². The first-order chi connectivity index (χ1) is 8.75. The van der Waals surface area contributed by atoms with Gasteiger partial charge in [0.15, 0.2) is 6.10 Å². The van der Waals surface area contributed by atoms with Gasteiger partial charge in [0.2, 0.25) is 0 Å². The third kappa shape index (κ3) is 5.29. The van der Waals surface area contributed by atoms with Gasteiger partial charge >= 0.3 is 5.97 Å². The Hall–Kier alpha value is -1.39. The summed E-state index contributed by atoms with van der Waals surface area (Å²) in [5.74, 6) is -0.608. The highest BCUT2D eigenvalue weighted by Crippen LogP contribution is 2.13. The second kappa shape index (κ2) is 8.66. The van der Waals surface area contributed by atoms with E-state index in [2.05, 4.69) is 0 Å². The van der Waals surface area contributed by atoms with Crippen molar-refractivity contribution in [2.75, 3.05) is 13.2 Å². The second-order valence-corrected chi connectivity index (χ2v) is 4.12. The van der Waals surface area contributed by atoms with Gasteiger partial charge in [-0.25, -0.2) is 4.79 Å². The van der Waals surface area contributed by atoms with Gasteiger partial charge in [0.25, 0.3) is 0 Å². The van der Waals surface area contributed by atoms with Crippen LogP contribution in [0.2, 0.25) is 0 Å². The topological polar surface area (TPSA) is 66.8 Å². The number of benzene rings is 1. The molecule has 100 valence electrons. The van der Waals surface area contributed by atoms with Gasteiger partial charge in [0.1, 0.15) is 0 Å².